The topological polar surface area (TPSA) is 30.5 Å². The molecule has 0 atom stereocenters. The third-order valence-electron chi connectivity index (χ3n) is 3.25. The Hall–Kier alpha value is -1.33. The van der Waals surface area contributed by atoms with E-state index in [0.717, 1.165) is 33.8 Å². The van der Waals surface area contributed by atoms with Gasteiger partial charge in [0.05, 0.1) is 4.47 Å². The zero-order valence-electron chi connectivity index (χ0n) is 11.7. The monoisotopic (exact) mass is 365 g/mol. The first-order valence-corrected chi connectivity index (χ1v) is 8.74. The first-order valence-electron chi connectivity index (χ1n) is 6.73. The highest BCUT2D eigenvalue weighted by atomic mass is 79.9. The van der Waals surface area contributed by atoms with Crippen LogP contribution in [0, 0.1) is 0 Å². The fraction of sp³-hybridized carbons (Fsp3) is 0.250. The third kappa shape index (κ3) is 3.30. The van der Waals surface area contributed by atoms with Crippen molar-refractivity contribution in [2.45, 2.75) is 11.4 Å². The Labute approximate surface area is 137 Å². The summed E-state index contributed by atoms with van der Waals surface area (Å²) in [6.45, 7) is 1.95. The lowest BCUT2D eigenvalue weighted by atomic mass is 10.2. The van der Waals surface area contributed by atoms with Crippen LogP contribution in [0.5, 0.6) is 11.5 Å². The number of hydrogen-bond donors (Lipinski definition) is 1. The molecule has 0 aromatic heterocycles. The van der Waals surface area contributed by atoms with E-state index in [2.05, 4.69) is 51.8 Å². The van der Waals surface area contributed by atoms with Gasteiger partial charge >= 0.3 is 0 Å². The summed E-state index contributed by atoms with van der Waals surface area (Å²) in [5.41, 5.74) is 2.30. The summed E-state index contributed by atoms with van der Waals surface area (Å²) in [5, 5.41) is 3.48. The molecule has 1 heterocycles. The Bertz CT molecular complexity index is 648. The van der Waals surface area contributed by atoms with Crippen molar-refractivity contribution in [3.8, 4) is 11.5 Å². The second kappa shape index (κ2) is 6.62. The van der Waals surface area contributed by atoms with Crippen LogP contribution in [0.4, 0.5) is 5.69 Å². The molecular weight excluding hydrogens is 350 g/mol. The number of benzene rings is 2. The molecule has 3 rings (SSSR count). The molecule has 0 aliphatic carbocycles. The highest BCUT2D eigenvalue weighted by molar-refractivity contribution is 9.10. The Kier molecular flexibility index (Phi) is 4.60. The standard InChI is InChI=1S/C16H16BrNO2S/c1-21-15-5-3-2-4-13(15)18-10-11-8-12(17)16-14(9-11)19-6-7-20-16/h2-5,8-9,18H,6-7,10H2,1H3. The maximum atomic E-state index is 5.65. The zero-order valence-corrected chi connectivity index (χ0v) is 14.1. The van der Waals surface area contributed by atoms with Gasteiger partial charge in [0.25, 0.3) is 0 Å². The Morgan fingerprint density at radius 1 is 1.19 bits per heavy atom. The minimum atomic E-state index is 0.601. The minimum absolute atomic E-state index is 0.601. The van der Waals surface area contributed by atoms with Gasteiger partial charge in [-0.05, 0) is 52.0 Å². The van der Waals surface area contributed by atoms with E-state index < -0.39 is 0 Å². The molecule has 0 saturated heterocycles. The first-order chi connectivity index (χ1) is 10.3. The number of anilines is 1. The van der Waals surface area contributed by atoms with Crippen LogP contribution in [0.25, 0.3) is 0 Å². The Balaban J connectivity index is 1.78. The minimum Gasteiger partial charge on any atom is -0.486 e. The van der Waals surface area contributed by atoms with Crippen LogP contribution in [0.3, 0.4) is 0 Å². The average molecular weight is 366 g/mol. The van der Waals surface area contributed by atoms with Crippen molar-refractivity contribution in [2.75, 3.05) is 24.8 Å². The van der Waals surface area contributed by atoms with Crippen LogP contribution in [0.15, 0.2) is 45.8 Å². The number of thioether (sulfide) groups is 1. The number of halogens is 1. The van der Waals surface area contributed by atoms with Crippen LogP contribution < -0.4 is 14.8 Å². The smallest absolute Gasteiger partial charge is 0.175 e. The van der Waals surface area contributed by atoms with Gasteiger partial charge in [0, 0.05) is 17.1 Å². The van der Waals surface area contributed by atoms with Crippen LogP contribution in [0.2, 0.25) is 0 Å². The fourth-order valence-electron chi connectivity index (χ4n) is 2.25. The normalized spacial score (nSPS) is 13.0. The summed E-state index contributed by atoms with van der Waals surface area (Å²) in [4.78, 5) is 1.24. The number of ether oxygens (including phenoxy) is 2. The van der Waals surface area contributed by atoms with Gasteiger partial charge in [-0.2, -0.15) is 0 Å². The summed E-state index contributed by atoms with van der Waals surface area (Å²) in [6, 6.07) is 12.4. The van der Waals surface area contributed by atoms with Gasteiger partial charge in [0.2, 0.25) is 0 Å². The van der Waals surface area contributed by atoms with E-state index in [1.807, 2.05) is 12.1 Å². The molecular formula is C16H16BrNO2S. The molecule has 1 aliphatic heterocycles. The molecule has 3 nitrogen and oxygen atoms in total. The quantitative estimate of drug-likeness (QED) is 0.804. The maximum Gasteiger partial charge on any atom is 0.175 e. The summed E-state index contributed by atoms with van der Waals surface area (Å²) in [6.07, 6.45) is 2.08. The van der Waals surface area contributed by atoms with E-state index in [1.54, 1.807) is 11.8 Å². The van der Waals surface area contributed by atoms with Gasteiger partial charge in [-0.15, -0.1) is 11.8 Å². The van der Waals surface area contributed by atoms with E-state index in [4.69, 9.17) is 9.47 Å². The van der Waals surface area contributed by atoms with Crippen molar-refractivity contribution in [1.29, 1.82) is 0 Å². The predicted molar refractivity (Wildman–Crippen MR) is 90.7 cm³/mol. The third-order valence-corrected chi connectivity index (χ3v) is 4.63. The largest absolute Gasteiger partial charge is 0.486 e. The van der Waals surface area contributed by atoms with Crippen LogP contribution >= 0.6 is 27.7 Å². The van der Waals surface area contributed by atoms with Gasteiger partial charge in [-0.3, -0.25) is 0 Å². The van der Waals surface area contributed by atoms with Crippen molar-refractivity contribution in [1.82, 2.24) is 0 Å². The van der Waals surface area contributed by atoms with Gasteiger partial charge in [-0.1, -0.05) is 12.1 Å². The molecule has 2 aromatic carbocycles. The van der Waals surface area contributed by atoms with Crippen LogP contribution in [-0.2, 0) is 6.54 Å². The molecule has 0 radical (unpaired) electrons. The van der Waals surface area contributed by atoms with Crippen molar-refractivity contribution >= 4 is 33.4 Å². The van der Waals surface area contributed by atoms with E-state index in [1.165, 1.54) is 4.90 Å². The number of hydrogen-bond acceptors (Lipinski definition) is 4. The van der Waals surface area contributed by atoms with Crippen molar-refractivity contribution in [3.05, 3.63) is 46.4 Å². The number of para-hydroxylation sites is 1. The predicted octanol–water partition coefficient (Wildman–Crippen LogP) is 4.55. The molecule has 110 valence electrons. The first kappa shape index (κ1) is 14.6. The number of nitrogens with one attached hydrogen (secondary N) is 1. The van der Waals surface area contributed by atoms with E-state index in [-0.39, 0.29) is 0 Å². The molecule has 0 fully saturated rings. The lowest BCUT2D eigenvalue weighted by Crippen LogP contribution is -2.16. The molecule has 0 bridgehead atoms. The van der Waals surface area contributed by atoms with E-state index in [0.29, 0.717) is 13.2 Å². The van der Waals surface area contributed by atoms with Crippen molar-refractivity contribution in [2.24, 2.45) is 0 Å². The summed E-state index contributed by atoms with van der Waals surface area (Å²) < 4.78 is 12.2. The van der Waals surface area contributed by atoms with Gasteiger partial charge < -0.3 is 14.8 Å². The zero-order chi connectivity index (χ0) is 14.7. The highest BCUT2D eigenvalue weighted by Gasteiger charge is 2.16. The van der Waals surface area contributed by atoms with Gasteiger partial charge in [0.15, 0.2) is 11.5 Å². The molecule has 1 N–H and O–H groups in total. The molecule has 0 unspecified atom stereocenters. The van der Waals surface area contributed by atoms with E-state index >= 15 is 0 Å². The molecule has 21 heavy (non-hydrogen) atoms. The summed E-state index contributed by atoms with van der Waals surface area (Å²) >= 11 is 5.29. The Morgan fingerprint density at radius 3 is 2.86 bits per heavy atom. The van der Waals surface area contributed by atoms with Crippen molar-refractivity contribution < 1.29 is 9.47 Å². The molecule has 2 aromatic rings. The highest BCUT2D eigenvalue weighted by Crippen LogP contribution is 2.38. The second-order valence-corrected chi connectivity index (χ2v) is 6.36. The molecule has 0 amide bonds. The summed E-state index contributed by atoms with van der Waals surface area (Å²) in [7, 11) is 0. The fourth-order valence-corrected chi connectivity index (χ4v) is 3.43. The van der Waals surface area contributed by atoms with Crippen molar-refractivity contribution in [3.63, 3.8) is 0 Å². The maximum absolute atomic E-state index is 5.65. The second-order valence-electron chi connectivity index (χ2n) is 4.66. The summed E-state index contributed by atoms with van der Waals surface area (Å²) in [5.74, 6) is 1.61. The Morgan fingerprint density at radius 2 is 2.00 bits per heavy atom. The molecule has 5 heteroatoms. The number of fused-ring (bicyclic) bond motifs is 1. The van der Waals surface area contributed by atoms with Crippen LogP contribution in [-0.4, -0.2) is 19.5 Å². The van der Waals surface area contributed by atoms with Gasteiger partial charge in [-0.25, -0.2) is 0 Å². The average Bonchev–Trinajstić information content (AvgIpc) is 2.53. The molecule has 0 saturated carbocycles. The number of rotatable bonds is 4. The molecule has 1 aliphatic rings. The van der Waals surface area contributed by atoms with Gasteiger partial charge in [0.1, 0.15) is 13.2 Å². The SMILES string of the molecule is CSc1ccccc1NCc1cc(Br)c2c(c1)OCCO2. The van der Waals surface area contributed by atoms with E-state index in [9.17, 15) is 0 Å². The van der Waals surface area contributed by atoms with Crippen LogP contribution in [0.1, 0.15) is 5.56 Å². The lowest BCUT2D eigenvalue weighted by molar-refractivity contribution is 0.170. The lowest BCUT2D eigenvalue weighted by Gasteiger charge is -2.20. The molecule has 0 spiro atoms.